The van der Waals surface area contributed by atoms with Crippen LogP contribution in [0.1, 0.15) is 27.2 Å². The van der Waals surface area contributed by atoms with Gasteiger partial charge >= 0.3 is 12.1 Å². The minimum Gasteiger partial charge on any atom is -0.481 e. The predicted molar refractivity (Wildman–Crippen MR) is 62.2 cm³/mol. The quantitative estimate of drug-likeness (QED) is 0.801. The lowest BCUT2D eigenvalue weighted by Crippen LogP contribution is -2.72. The molecule has 1 unspecified atom stereocenters. The van der Waals surface area contributed by atoms with Crippen LogP contribution in [0.2, 0.25) is 0 Å². The summed E-state index contributed by atoms with van der Waals surface area (Å²) in [5.74, 6) is -0.866. The van der Waals surface area contributed by atoms with E-state index in [9.17, 15) is 9.59 Å². The molecule has 18 heavy (non-hydrogen) atoms. The average molecular weight is 257 g/mol. The number of aliphatic carboxylic acids is 1. The maximum Gasteiger partial charge on any atom is 0.410 e. The van der Waals surface area contributed by atoms with Gasteiger partial charge in [0.05, 0.1) is 24.5 Å². The Labute approximate surface area is 106 Å². The van der Waals surface area contributed by atoms with Crippen LogP contribution in [-0.2, 0) is 14.3 Å². The third-order valence-corrected chi connectivity index (χ3v) is 3.28. The van der Waals surface area contributed by atoms with E-state index < -0.39 is 11.6 Å². The Morgan fingerprint density at radius 1 is 1.44 bits per heavy atom. The van der Waals surface area contributed by atoms with Crippen molar-refractivity contribution in [1.29, 1.82) is 0 Å². The number of carbonyl (C=O) groups excluding carboxylic acids is 1. The molecule has 1 spiro atoms. The van der Waals surface area contributed by atoms with Gasteiger partial charge in [0.15, 0.2) is 0 Å². The molecule has 0 saturated carbocycles. The molecule has 1 atom stereocenters. The molecule has 6 heteroatoms. The van der Waals surface area contributed by atoms with E-state index in [2.05, 4.69) is 0 Å². The van der Waals surface area contributed by atoms with Crippen molar-refractivity contribution in [3.8, 4) is 0 Å². The highest BCUT2D eigenvalue weighted by molar-refractivity contribution is 5.70. The fraction of sp³-hybridized carbons (Fsp3) is 0.833. The largest absolute Gasteiger partial charge is 0.481 e. The third kappa shape index (κ3) is 2.43. The molecule has 0 aromatic heterocycles. The van der Waals surface area contributed by atoms with Crippen LogP contribution in [0.4, 0.5) is 4.79 Å². The highest BCUT2D eigenvalue weighted by atomic mass is 16.6. The van der Waals surface area contributed by atoms with Crippen molar-refractivity contribution >= 4 is 12.1 Å². The Morgan fingerprint density at radius 3 is 2.44 bits per heavy atom. The molecule has 1 N–H and O–H groups in total. The summed E-state index contributed by atoms with van der Waals surface area (Å²) < 4.78 is 10.5. The molecule has 2 saturated heterocycles. The van der Waals surface area contributed by atoms with E-state index >= 15 is 0 Å². The lowest BCUT2D eigenvalue weighted by Gasteiger charge is -2.59. The van der Waals surface area contributed by atoms with E-state index in [1.54, 1.807) is 4.90 Å². The maximum atomic E-state index is 11.7. The number of nitrogens with zero attached hydrogens (tertiary/aromatic N) is 1. The number of rotatable bonds is 2. The zero-order chi connectivity index (χ0) is 13.6. The molecule has 0 bridgehead atoms. The molecular formula is C12H19NO5. The molecule has 6 nitrogen and oxygen atoms in total. The predicted octanol–water partition coefficient (Wildman–Crippen LogP) is 1.10. The van der Waals surface area contributed by atoms with Crippen LogP contribution in [0.25, 0.3) is 0 Å². The second kappa shape index (κ2) is 4.12. The van der Waals surface area contributed by atoms with Crippen LogP contribution in [-0.4, -0.2) is 53.5 Å². The number of carbonyl (C=O) groups is 2. The molecule has 0 aromatic carbocycles. The SMILES string of the molecule is CC(C)(C)OC(=O)N1CC2(COC2CC(=O)O)C1. The van der Waals surface area contributed by atoms with E-state index in [0.29, 0.717) is 19.7 Å². The van der Waals surface area contributed by atoms with Crippen LogP contribution in [0, 0.1) is 5.41 Å². The van der Waals surface area contributed by atoms with E-state index in [1.165, 1.54) is 0 Å². The number of amides is 1. The topological polar surface area (TPSA) is 76.1 Å². The third-order valence-electron chi connectivity index (χ3n) is 3.28. The normalized spacial score (nSPS) is 25.3. The number of carboxylic acids is 1. The second-order valence-electron chi connectivity index (χ2n) is 6.10. The van der Waals surface area contributed by atoms with Gasteiger partial charge in [0, 0.05) is 13.1 Å². The first-order valence-corrected chi connectivity index (χ1v) is 6.03. The van der Waals surface area contributed by atoms with Crippen LogP contribution in [0.5, 0.6) is 0 Å². The van der Waals surface area contributed by atoms with E-state index in [4.69, 9.17) is 14.6 Å². The van der Waals surface area contributed by atoms with Gasteiger partial charge in [-0.2, -0.15) is 0 Å². The van der Waals surface area contributed by atoms with E-state index in [1.807, 2.05) is 20.8 Å². The average Bonchev–Trinajstić information content (AvgIpc) is 2.07. The summed E-state index contributed by atoms with van der Waals surface area (Å²) in [4.78, 5) is 24.0. The number of hydrogen-bond acceptors (Lipinski definition) is 4. The molecule has 2 aliphatic rings. The Morgan fingerprint density at radius 2 is 2.06 bits per heavy atom. The van der Waals surface area contributed by atoms with Crippen LogP contribution in [0.15, 0.2) is 0 Å². The Balaban J connectivity index is 1.83. The van der Waals surface area contributed by atoms with Crippen molar-refractivity contribution in [3.05, 3.63) is 0 Å². The molecule has 0 radical (unpaired) electrons. The van der Waals surface area contributed by atoms with Gasteiger partial charge < -0.3 is 19.5 Å². The summed E-state index contributed by atoms with van der Waals surface area (Å²) >= 11 is 0. The van der Waals surface area contributed by atoms with Crippen LogP contribution >= 0.6 is 0 Å². The number of ether oxygens (including phenoxy) is 2. The van der Waals surface area contributed by atoms with Crippen LogP contribution in [0.3, 0.4) is 0 Å². The Hall–Kier alpha value is -1.30. The minimum atomic E-state index is -0.866. The van der Waals surface area contributed by atoms with Gasteiger partial charge in [-0.1, -0.05) is 0 Å². The fourth-order valence-corrected chi connectivity index (χ4v) is 2.34. The highest BCUT2D eigenvalue weighted by Crippen LogP contribution is 2.45. The van der Waals surface area contributed by atoms with Gasteiger partial charge in [0.1, 0.15) is 5.60 Å². The molecular weight excluding hydrogens is 238 g/mol. The van der Waals surface area contributed by atoms with Crippen molar-refractivity contribution < 1.29 is 24.2 Å². The molecule has 2 fully saturated rings. The Bertz CT molecular complexity index is 367. The van der Waals surface area contributed by atoms with Gasteiger partial charge in [-0.15, -0.1) is 0 Å². The lowest BCUT2D eigenvalue weighted by atomic mass is 9.70. The van der Waals surface area contributed by atoms with Crippen molar-refractivity contribution in [3.63, 3.8) is 0 Å². The molecule has 2 heterocycles. The first kappa shape index (κ1) is 13.1. The Kier molecular flexibility index (Phi) is 3.01. The summed E-state index contributed by atoms with van der Waals surface area (Å²) in [6.45, 7) is 7.05. The molecule has 0 aliphatic carbocycles. The van der Waals surface area contributed by atoms with Crippen LogP contribution < -0.4 is 0 Å². The molecule has 102 valence electrons. The number of likely N-dealkylation sites (tertiary alicyclic amines) is 1. The number of carboxylic acid groups (broad SMARTS) is 1. The molecule has 0 aromatic rings. The van der Waals surface area contributed by atoms with Gasteiger partial charge in [0.2, 0.25) is 0 Å². The second-order valence-corrected chi connectivity index (χ2v) is 6.10. The van der Waals surface area contributed by atoms with Crippen molar-refractivity contribution in [1.82, 2.24) is 4.90 Å². The zero-order valence-corrected chi connectivity index (χ0v) is 10.9. The van der Waals surface area contributed by atoms with Gasteiger partial charge in [-0.25, -0.2) is 4.79 Å². The fourth-order valence-electron chi connectivity index (χ4n) is 2.34. The zero-order valence-electron chi connectivity index (χ0n) is 10.9. The van der Waals surface area contributed by atoms with Gasteiger partial charge in [-0.3, -0.25) is 4.79 Å². The monoisotopic (exact) mass is 257 g/mol. The summed E-state index contributed by atoms with van der Waals surface area (Å²) in [5, 5.41) is 8.74. The van der Waals surface area contributed by atoms with Gasteiger partial charge in [-0.05, 0) is 20.8 Å². The molecule has 2 aliphatic heterocycles. The van der Waals surface area contributed by atoms with Crippen molar-refractivity contribution in [2.75, 3.05) is 19.7 Å². The first-order valence-electron chi connectivity index (χ1n) is 6.03. The summed E-state index contributed by atoms with van der Waals surface area (Å²) in [7, 11) is 0. The van der Waals surface area contributed by atoms with E-state index in [0.717, 1.165) is 0 Å². The smallest absolute Gasteiger partial charge is 0.410 e. The van der Waals surface area contributed by atoms with Crippen molar-refractivity contribution in [2.45, 2.75) is 38.9 Å². The summed E-state index contributed by atoms with van der Waals surface area (Å²) in [6, 6.07) is 0. The summed E-state index contributed by atoms with van der Waals surface area (Å²) in [6.07, 6.45) is -0.606. The molecule has 2 rings (SSSR count). The van der Waals surface area contributed by atoms with Gasteiger partial charge in [0.25, 0.3) is 0 Å². The summed E-state index contributed by atoms with van der Waals surface area (Å²) in [5.41, 5.74) is -0.661. The highest BCUT2D eigenvalue weighted by Gasteiger charge is 2.58. The maximum absolute atomic E-state index is 11.7. The number of hydrogen-bond donors (Lipinski definition) is 1. The first-order chi connectivity index (χ1) is 8.22. The minimum absolute atomic E-state index is 0.00214. The van der Waals surface area contributed by atoms with E-state index in [-0.39, 0.29) is 24.0 Å². The lowest BCUT2D eigenvalue weighted by molar-refractivity contribution is -0.242. The van der Waals surface area contributed by atoms with Crippen molar-refractivity contribution in [2.24, 2.45) is 5.41 Å². The molecule has 1 amide bonds. The standard InChI is InChI=1S/C12H19NO5/c1-11(2,3)18-10(16)13-5-12(6-13)7-17-8(12)4-9(14)15/h8H,4-7H2,1-3H3,(H,14,15).